The summed E-state index contributed by atoms with van der Waals surface area (Å²) in [6.07, 6.45) is 10.6. The minimum atomic E-state index is 0.101. The van der Waals surface area contributed by atoms with Crippen molar-refractivity contribution >= 4 is 5.84 Å². The number of aliphatic imine (C=N–C) groups is 1. The number of ether oxygens (including phenoxy) is 2. The second kappa shape index (κ2) is 13.0. The first-order valence-electron chi connectivity index (χ1n) is 11.6. The first-order chi connectivity index (χ1) is 15.7. The van der Waals surface area contributed by atoms with Crippen LogP contribution in [-0.4, -0.2) is 43.1 Å². The lowest BCUT2D eigenvalue weighted by Gasteiger charge is -2.33. The van der Waals surface area contributed by atoms with Gasteiger partial charge < -0.3 is 14.4 Å². The number of nitrogens with zero attached hydrogens (tertiary/aromatic N) is 2. The van der Waals surface area contributed by atoms with Gasteiger partial charge in [-0.2, -0.15) is 0 Å². The molecule has 2 atom stereocenters. The average Bonchev–Trinajstić information content (AvgIpc) is 2.83. The first kappa shape index (κ1) is 24.0. The van der Waals surface area contributed by atoms with Gasteiger partial charge in [-0.1, -0.05) is 86.7 Å². The Balaban J connectivity index is 1.69. The largest absolute Gasteiger partial charge is 0.382 e. The summed E-state index contributed by atoms with van der Waals surface area (Å²) >= 11 is 0. The Morgan fingerprint density at radius 3 is 2.41 bits per heavy atom. The molecule has 0 saturated carbocycles. The Morgan fingerprint density at radius 2 is 1.72 bits per heavy atom. The van der Waals surface area contributed by atoms with Gasteiger partial charge in [0.1, 0.15) is 5.84 Å². The Kier molecular flexibility index (Phi) is 9.73. The van der Waals surface area contributed by atoms with E-state index in [2.05, 4.69) is 79.6 Å². The van der Waals surface area contributed by atoms with Crippen LogP contribution in [0.15, 0.2) is 90.1 Å². The van der Waals surface area contributed by atoms with Crippen molar-refractivity contribution in [1.29, 1.82) is 0 Å². The van der Waals surface area contributed by atoms with Gasteiger partial charge in [0.05, 0.1) is 25.3 Å². The van der Waals surface area contributed by atoms with Gasteiger partial charge in [-0.15, -0.1) is 0 Å². The number of amidine groups is 1. The van der Waals surface area contributed by atoms with Crippen molar-refractivity contribution in [3.63, 3.8) is 0 Å². The van der Waals surface area contributed by atoms with E-state index >= 15 is 0 Å². The predicted molar refractivity (Wildman–Crippen MR) is 133 cm³/mol. The van der Waals surface area contributed by atoms with E-state index in [1.807, 2.05) is 24.3 Å². The number of benzene rings is 2. The molecule has 0 bridgehead atoms. The van der Waals surface area contributed by atoms with Crippen molar-refractivity contribution < 1.29 is 9.47 Å². The molecule has 0 spiro atoms. The Labute approximate surface area is 193 Å². The number of hydrogen-bond donors (Lipinski definition) is 0. The van der Waals surface area contributed by atoms with Crippen LogP contribution >= 0.6 is 0 Å². The fraction of sp³-hybridized carbons (Fsp3) is 0.393. The van der Waals surface area contributed by atoms with E-state index in [1.165, 1.54) is 5.56 Å². The zero-order valence-corrected chi connectivity index (χ0v) is 19.6. The molecule has 2 aromatic carbocycles. The van der Waals surface area contributed by atoms with E-state index in [-0.39, 0.29) is 12.1 Å². The number of allylic oxidation sites excluding steroid dienone is 2. The highest BCUT2D eigenvalue weighted by atomic mass is 16.5. The Hall–Kier alpha value is -2.69. The second-order valence-electron chi connectivity index (χ2n) is 8.47. The van der Waals surface area contributed by atoms with Crippen LogP contribution in [0.5, 0.6) is 0 Å². The smallest absolute Gasteiger partial charge is 0.135 e. The summed E-state index contributed by atoms with van der Waals surface area (Å²) in [6, 6.07) is 21.1. The van der Waals surface area contributed by atoms with E-state index in [0.717, 1.165) is 30.8 Å². The molecular formula is C28H36N2O2. The lowest BCUT2D eigenvalue weighted by Crippen LogP contribution is -2.38. The first-order valence-corrected chi connectivity index (χ1v) is 11.6. The summed E-state index contributed by atoms with van der Waals surface area (Å²) in [6.45, 7) is 6.41. The normalized spacial score (nSPS) is 17.2. The molecule has 0 unspecified atom stereocenters. The molecule has 0 aromatic heterocycles. The van der Waals surface area contributed by atoms with Crippen molar-refractivity contribution in [2.75, 3.05) is 20.3 Å². The summed E-state index contributed by atoms with van der Waals surface area (Å²) in [7, 11) is 1.74. The molecule has 32 heavy (non-hydrogen) atoms. The maximum Gasteiger partial charge on any atom is 0.135 e. The molecule has 3 rings (SSSR count). The minimum absolute atomic E-state index is 0.101. The van der Waals surface area contributed by atoms with Gasteiger partial charge in [0.2, 0.25) is 0 Å². The van der Waals surface area contributed by atoms with Crippen molar-refractivity contribution in [3.05, 3.63) is 96.2 Å². The Bertz CT molecular complexity index is 875. The quantitative estimate of drug-likeness (QED) is 0.254. The van der Waals surface area contributed by atoms with Crippen LogP contribution in [0.25, 0.3) is 0 Å². The third-order valence-electron chi connectivity index (χ3n) is 5.62. The van der Waals surface area contributed by atoms with Crippen LogP contribution in [-0.2, 0) is 16.1 Å². The highest BCUT2D eigenvalue weighted by Crippen LogP contribution is 2.21. The zero-order valence-electron chi connectivity index (χ0n) is 19.6. The van der Waals surface area contributed by atoms with E-state index in [0.29, 0.717) is 19.1 Å². The summed E-state index contributed by atoms with van der Waals surface area (Å²) in [5, 5.41) is 0. The molecule has 2 aromatic rings. The maximum atomic E-state index is 5.91. The molecular weight excluding hydrogens is 396 g/mol. The second-order valence-corrected chi connectivity index (χ2v) is 8.47. The zero-order chi connectivity index (χ0) is 22.6. The number of methoxy groups -OCH3 is 1. The lowest BCUT2D eigenvalue weighted by atomic mass is 10.0. The van der Waals surface area contributed by atoms with Crippen molar-refractivity contribution in [2.24, 2.45) is 10.9 Å². The fourth-order valence-electron chi connectivity index (χ4n) is 3.74. The van der Waals surface area contributed by atoms with Gasteiger partial charge >= 0.3 is 0 Å². The maximum absolute atomic E-state index is 5.91. The highest BCUT2D eigenvalue weighted by Gasteiger charge is 2.23. The summed E-state index contributed by atoms with van der Waals surface area (Å²) < 4.78 is 11.4. The third kappa shape index (κ3) is 7.18. The van der Waals surface area contributed by atoms with Gasteiger partial charge in [0, 0.05) is 25.5 Å². The van der Waals surface area contributed by atoms with Crippen LogP contribution in [0, 0.1) is 5.92 Å². The molecule has 1 aliphatic heterocycles. The van der Waals surface area contributed by atoms with Gasteiger partial charge in [-0.05, 0) is 30.4 Å². The molecule has 0 radical (unpaired) electrons. The number of rotatable bonds is 11. The van der Waals surface area contributed by atoms with Crippen LogP contribution in [0.3, 0.4) is 0 Å². The molecule has 170 valence electrons. The standard InChI is InChI=1S/C28H36N2O2/c1-23(2)27(22-31-3)29-28(25-15-8-5-9-16-25)30-19-11-10-17-26(30)18-12-20-32-21-24-13-6-4-7-14-24/h4-11,13-17,19,23,26-27H,12,18,20-22H2,1-3H3/t26-,27+/m1/s1. The SMILES string of the molecule is COC[C@H](N=C(c1ccccc1)N1C=CC=C[C@@H]1CCCOCc1ccccc1)C(C)C. The van der Waals surface area contributed by atoms with Crippen LogP contribution in [0.2, 0.25) is 0 Å². The molecule has 0 fully saturated rings. The van der Waals surface area contributed by atoms with Gasteiger partial charge in [-0.3, -0.25) is 4.99 Å². The van der Waals surface area contributed by atoms with Gasteiger partial charge in [0.15, 0.2) is 0 Å². The number of hydrogen-bond acceptors (Lipinski definition) is 3. The molecule has 0 amide bonds. The van der Waals surface area contributed by atoms with Crippen LogP contribution < -0.4 is 0 Å². The molecule has 1 aliphatic rings. The Morgan fingerprint density at radius 1 is 1.00 bits per heavy atom. The highest BCUT2D eigenvalue weighted by molar-refractivity contribution is 6.00. The van der Waals surface area contributed by atoms with Gasteiger partial charge in [-0.25, -0.2) is 0 Å². The molecule has 4 heteroatoms. The molecule has 0 saturated heterocycles. The summed E-state index contributed by atoms with van der Waals surface area (Å²) in [4.78, 5) is 7.50. The van der Waals surface area contributed by atoms with Crippen molar-refractivity contribution in [3.8, 4) is 0 Å². The molecule has 1 heterocycles. The summed E-state index contributed by atoms with van der Waals surface area (Å²) in [5.74, 6) is 1.39. The monoisotopic (exact) mass is 432 g/mol. The van der Waals surface area contributed by atoms with E-state index in [9.17, 15) is 0 Å². The third-order valence-corrected chi connectivity index (χ3v) is 5.62. The van der Waals surface area contributed by atoms with Crippen molar-refractivity contribution in [2.45, 2.75) is 45.4 Å². The van der Waals surface area contributed by atoms with Gasteiger partial charge in [0.25, 0.3) is 0 Å². The van der Waals surface area contributed by atoms with E-state index < -0.39 is 0 Å². The molecule has 0 aliphatic carbocycles. The minimum Gasteiger partial charge on any atom is -0.382 e. The topological polar surface area (TPSA) is 34.1 Å². The van der Waals surface area contributed by atoms with Crippen molar-refractivity contribution in [1.82, 2.24) is 4.90 Å². The molecule has 0 N–H and O–H groups in total. The van der Waals surface area contributed by atoms with Crippen LogP contribution in [0.4, 0.5) is 0 Å². The summed E-state index contributed by atoms with van der Waals surface area (Å²) in [5.41, 5.74) is 2.34. The van der Waals surface area contributed by atoms with Crippen LogP contribution in [0.1, 0.15) is 37.8 Å². The predicted octanol–water partition coefficient (Wildman–Crippen LogP) is 5.86. The van der Waals surface area contributed by atoms with E-state index in [1.54, 1.807) is 7.11 Å². The lowest BCUT2D eigenvalue weighted by molar-refractivity contribution is 0.114. The fourth-order valence-corrected chi connectivity index (χ4v) is 3.74. The average molecular weight is 433 g/mol. The molecule has 4 nitrogen and oxygen atoms in total. The van der Waals surface area contributed by atoms with E-state index in [4.69, 9.17) is 14.5 Å².